The number of nitrogen functional groups attached to an aromatic ring is 1. The molecule has 74 heavy (non-hydrogen) atoms. The van der Waals surface area contributed by atoms with Crippen LogP contribution in [-0.4, -0.2) is 179 Å². The van der Waals surface area contributed by atoms with Gasteiger partial charge in [0.1, 0.15) is 41.7 Å². The lowest BCUT2D eigenvalue weighted by molar-refractivity contribution is -0.138. The number of carbonyl (C=O) groups is 5. The van der Waals surface area contributed by atoms with Crippen LogP contribution in [-0.2, 0) is 44.7 Å². The van der Waals surface area contributed by atoms with E-state index in [1.165, 1.54) is 6.33 Å². The van der Waals surface area contributed by atoms with E-state index in [-0.39, 0.29) is 48.4 Å². The standard InChI is InChI=1S/C54H63N9O10S/c55-52-50-51(38-13-16-42(17-14-38)73-41-8-2-1-3-9-41)58-63(53(50)57-37-56-52)39-7-5-20-61(34-39)48(66)12-6-19-59-21-23-60(24-22-59)49(67)36-72-30-29-70-26-25-69-27-28-71-31-32-74-47-11-4-10-43-44(47)35-62(54(43)68)45-18-15-40(64)33-46(45)65/h1-4,6,8-14,16-17,37,39,45H,5,7,15,18-36H2,(H2,55,56,57)/b12-6+/t39-,45?/m1/s1. The zero-order valence-corrected chi connectivity index (χ0v) is 42.3. The molecule has 3 aliphatic heterocycles. The summed E-state index contributed by atoms with van der Waals surface area (Å²) in [5.74, 6) is 2.01. The van der Waals surface area contributed by atoms with Gasteiger partial charge in [-0.3, -0.25) is 28.9 Å². The summed E-state index contributed by atoms with van der Waals surface area (Å²) in [6.45, 7) is 7.47. The largest absolute Gasteiger partial charge is 0.457 e. The van der Waals surface area contributed by atoms with Crippen LogP contribution in [0, 0.1) is 0 Å². The number of fused-ring (bicyclic) bond motifs is 2. The van der Waals surface area contributed by atoms with Crippen molar-refractivity contribution in [1.29, 1.82) is 0 Å². The topological polar surface area (TPSA) is 214 Å². The number of amides is 3. The van der Waals surface area contributed by atoms with Gasteiger partial charge < -0.3 is 44.1 Å². The Morgan fingerprint density at radius 2 is 1.50 bits per heavy atom. The Hall–Kier alpha value is -6.55. The first kappa shape index (κ1) is 52.3. The molecular weight excluding hydrogens is 967 g/mol. The highest BCUT2D eigenvalue weighted by atomic mass is 32.2. The van der Waals surface area contributed by atoms with Gasteiger partial charge in [-0.05, 0) is 73.4 Å². The zero-order chi connectivity index (χ0) is 51.2. The number of rotatable bonds is 23. The van der Waals surface area contributed by atoms with Crippen molar-refractivity contribution >= 4 is 57.9 Å². The fourth-order valence-electron chi connectivity index (χ4n) is 9.72. The number of nitrogens with zero attached hydrogens (tertiary/aromatic N) is 8. The van der Waals surface area contributed by atoms with E-state index in [1.807, 2.05) is 87.3 Å². The molecule has 5 aromatic rings. The Morgan fingerprint density at radius 1 is 0.770 bits per heavy atom. The number of benzene rings is 3. The molecule has 2 N–H and O–H groups in total. The highest BCUT2D eigenvalue weighted by Crippen LogP contribution is 2.37. The number of piperidine rings is 1. The van der Waals surface area contributed by atoms with E-state index in [9.17, 15) is 24.0 Å². The predicted octanol–water partition coefficient (Wildman–Crippen LogP) is 5.24. The third-order valence-electron chi connectivity index (χ3n) is 13.6. The SMILES string of the molecule is Nc1ncnc2c1c(-c1ccc(Oc3ccccc3)cc1)nn2[C@@H]1CCCN(C(=O)/C=C/CN2CCN(C(=O)COCCOCCOCCOCCSc3cccc4c3CN(C3CCC(=O)CC3=O)C4=O)CC2)C1. The monoisotopic (exact) mass is 1030 g/mol. The molecule has 1 unspecified atom stereocenters. The van der Waals surface area contributed by atoms with Gasteiger partial charge in [0.15, 0.2) is 11.4 Å². The Labute approximate surface area is 434 Å². The minimum atomic E-state index is -0.529. The second-order valence-electron chi connectivity index (χ2n) is 18.5. The van der Waals surface area contributed by atoms with Gasteiger partial charge in [0.2, 0.25) is 11.8 Å². The summed E-state index contributed by atoms with van der Waals surface area (Å²) in [6, 6.07) is 22.3. The van der Waals surface area contributed by atoms with Crippen molar-refractivity contribution in [3.05, 3.63) is 102 Å². The van der Waals surface area contributed by atoms with E-state index in [0.29, 0.717) is 151 Å². The number of carbonyl (C=O) groups excluding carboxylic acids is 5. The molecule has 1 aliphatic carbocycles. The summed E-state index contributed by atoms with van der Waals surface area (Å²) in [5, 5.41) is 5.71. The van der Waals surface area contributed by atoms with Crippen LogP contribution in [0.15, 0.2) is 96.2 Å². The van der Waals surface area contributed by atoms with Crippen LogP contribution < -0.4 is 10.5 Å². The molecule has 3 fully saturated rings. The number of hydrogen-bond acceptors (Lipinski definition) is 16. The van der Waals surface area contributed by atoms with Gasteiger partial charge >= 0.3 is 0 Å². The van der Waals surface area contributed by atoms with E-state index in [1.54, 1.807) is 28.8 Å². The minimum absolute atomic E-state index is 0.0115. The lowest BCUT2D eigenvalue weighted by Gasteiger charge is -2.34. The lowest BCUT2D eigenvalue weighted by Crippen LogP contribution is -2.49. The zero-order valence-electron chi connectivity index (χ0n) is 41.5. The maximum Gasteiger partial charge on any atom is 0.255 e. The molecule has 0 spiro atoms. The Morgan fingerprint density at radius 3 is 2.26 bits per heavy atom. The molecule has 3 amide bonds. The van der Waals surface area contributed by atoms with Crippen LogP contribution in [0.2, 0.25) is 0 Å². The van der Waals surface area contributed by atoms with E-state index < -0.39 is 6.04 Å². The van der Waals surface area contributed by atoms with E-state index in [2.05, 4.69) is 14.9 Å². The number of hydrogen-bond donors (Lipinski definition) is 1. The first-order chi connectivity index (χ1) is 36.2. The number of nitrogens with two attached hydrogens (primary N) is 1. The molecule has 19 nitrogen and oxygen atoms in total. The van der Waals surface area contributed by atoms with Crippen LogP contribution in [0.4, 0.5) is 5.82 Å². The summed E-state index contributed by atoms with van der Waals surface area (Å²) < 4.78 is 30.5. The number of ketones is 2. The van der Waals surface area contributed by atoms with Gasteiger partial charge in [0.05, 0.1) is 70.1 Å². The first-order valence-electron chi connectivity index (χ1n) is 25.4. The van der Waals surface area contributed by atoms with Crippen molar-refractivity contribution < 1.29 is 47.7 Å². The average Bonchev–Trinajstić information content (AvgIpc) is 3.98. The number of likely N-dealkylation sites (tertiary alicyclic amines) is 1. The van der Waals surface area contributed by atoms with Crippen LogP contribution >= 0.6 is 11.8 Å². The third-order valence-corrected chi connectivity index (χ3v) is 14.7. The van der Waals surface area contributed by atoms with Crippen LogP contribution in [0.5, 0.6) is 11.5 Å². The van der Waals surface area contributed by atoms with Gasteiger partial charge in [-0.1, -0.05) is 30.3 Å². The van der Waals surface area contributed by atoms with E-state index >= 15 is 0 Å². The Bertz CT molecular complexity index is 2790. The molecule has 2 atom stereocenters. The molecule has 20 heteroatoms. The van der Waals surface area contributed by atoms with E-state index in [4.69, 9.17) is 34.5 Å². The van der Waals surface area contributed by atoms with Gasteiger partial charge in [-0.15, -0.1) is 11.8 Å². The lowest BCUT2D eigenvalue weighted by atomic mass is 9.92. The molecule has 0 bridgehead atoms. The van der Waals surface area contributed by atoms with Crippen molar-refractivity contribution in [1.82, 2.24) is 39.3 Å². The molecule has 0 radical (unpaired) electrons. The molecule has 4 aliphatic rings. The highest BCUT2D eigenvalue weighted by Gasteiger charge is 2.40. The van der Waals surface area contributed by atoms with Crippen molar-refractivity contribution in [3.8, 4) is 22.8 Å². The van der Waals surface area contributed by atoms with Crippen LogP contribution in [0.25, 0.3) is 22.3 Å². The molecule has 5 heterocycles. The molecular formula is C54H63N9O10S. The molecule has 2 aromatic heterocycles. The Kier molecular flexibility index (Phi) is 18.1. The molecule has 1 saturated carbocycles. The van der Waals surface area contributed by atoms with Crippen LogP contribution in [0.1, 0.15) is 54.1 Å². The number of para-hydroxylation sites is 1. The smallest absolute Gasteiger partial charge is 0.255 e. The highest BCUT2D eigenvalue weighted by molar-refractivity contribution is 7.99. The summed E-state index contributed by atoms with van der Waals surface area (Å²) in [4.78, 5) is 81.0. The van der Waals surface area contributed by atoms with Gasteiger partial charge in [-0.25, -0.2) is 14.6 Å². The van der Waals surface area contributed by atoms with E-state index in [0.717, 1.165) is 34.6 Å². The van der Waals surface area contributed by atoms with Crippen molar-refractivity contribution in [2.45, 2.75) is 55.6 Å². The molecule has 2 saturated heterocycles. The third kappa shape index (κ3) is 13.2. The van der Waals surface area contributed by atoms with Gasteiger partial charge in [0.25, 0.3) is 5.91 Å². The van der Waals surface area contributed by atoms with Gasteiger partial charge in [-0.2, -0.15) is 5.10 Å². The normalized spacial score (nSPS) is 18.5. The summed E-state index contributed by atoms with van der Waals surface area (Å²) in [7, 11) is 0. The van der Waals surface area contributed by atoms with Crippen LogP contribution in [0.3, 0.4) is 0 Å². The number of aromatic nitrogens is 4. The van der Waals surface area contributed by atoms with Crippen molar-refractivity contribution in [2.24, 2.45) is 0 Å². The summed E-state index contributed by atoms with van der Waals surface area (Å²) in [5.41, 5.74) is 10.1. The molecule has 9 rings (SSSR count). The maximum absolute atomic E-state index is 13.5. The number of anilines is 1. The quantitative estimate of drug-likeness (QED) is 0.0384. The Balaban J connectivity index is 0.605. The average molecular weight is 1030 g/mol. The number of ether oxygens (including phenoxy) is 5. The molecule has 390 valence electrons. The number of Topliss-reactive ketones (excluding diaryl/α,β-unsaturated/α-hetero) is 2. The number of thioether (sulfide) groups is 1. The van der Waals surface area contributed by atoms with Crippen molar-refractivity contribution in [2.75, 3.05) is 110 Å². The molecule has 3 aromatic carbocycles. The minimum Gasteiger partial charge on any atom is -0.457 e. The van der Waals surface area contributed by atoms with Gasteiger partial charge in [0, 0.05) is 86.6 Å². The number of piperazine rings is 1. The first-order valence-corrected chi connectivity index (χ1v) is 26.4. The summed E-state index contributed by atoms with van der Waals surface area (Å²) >= 11 is 1.61. The van der Waals surface area contributed by atoms with Crippen molar-refractivity contribution in [3.63, 3.8) is 0 Å². The maximum atomic E-state index is 13.5. The second-order valence-corrected chi connectivity index (χ2v) is 19.7. The predicted molar refractivity (Wildman–Crippen MR) is 277 cm³/mol. The fourth-order valence-corrected chi connectivity index (χ4v) is 10.7. The fraction of sp³-hybridized carbons (Fsp3) is 0.444. The second kappa shape index (κ2) is 25.6. The summed E-state index contributed by atoms with van der Waals surface area (Å²) in [6.07, 6.45) is 7.29.